The first kappa shape index (κ1) is 36.6. The van der Waals surface area contributed by atoms with Gasteiger partial charge < -0.3 is 24.4 Å². The molecule has 0 saturated carbocycles. The number of aryl methyl sites for hydroxylation is 3. The Kier molecular flexibility index (Phi) is 11.7. The minimum atomic E-state index is -4.48. The predicted octanol–water partition coefficient (Wildman–Crippen LogP) is 8.50. The third-order valence-electron chi connectivity index (χ3n) is 8.89. The largest absolute Gasteiger partial charge is 0.493 e. The second-order valence-corrected chi connectivity index (χ2v) is 13.3. The van der Waals surface area contributed by atoms with Crippen LogP contribution in [0.5, 0.6) is 5.75 Å². The van der Waals surface area contributed by atoms with Gasteiger partial charge in [-0.15, -0.1) is 0 Å². The van der Waals surface area contributed by atoms with E-state index < -0.39 is 17.7 Å². The van der Waals surface area contributed by atoms with Gasteiger partial charge in [0.15, 0.2) is 0 Å². The maximum absolute atomic E-state index is 13.9. The van der Waals surface area contributed by atoms with Crippen molar-refractivity contribution in [2.24, 2.45) is 0 Å². The second-order valence-electron chi connectivity index (χ2n) is 13.3. The van der Waals surface area contributed by atoms with E-state index in [0.29, 0.717) is 49.0 Å². The molecule has 3 aromatic carbocycles. The molecule has 1 aromatic heterocycles. The van der Waals surface area contributed by atoms with Gasteiger partial charge in [0, 0.05) is 32.6 Å². The Hall–Kier alpha value is -4.64. The Morgan fingerprint density at radius 1 is 0.960 bits per heavy atom. The van der Waals surface area contributed by atoms with Crippen LogP contribution in [0.2, 0.25) is 0 Å². The van der Waals surface area contributed by atoms with Crippen LogP contribution in [0.3, 0.4) is 0 Å². The van der Waals surface area contributed by atoms with Crippen LogP contribution in [0.1, 0.15) is 71.6 Å². The fraction of sp³-hybridized carbons (Fsp3) is 0.410. The first-order valence-electron chi connectivity index (χ1n) is 16.9. The van der Waals surface area contributed by atoms with Gasteiger partial charge in [-0.3, -0.25) is 4.79 Å². The topological polar surface area (TPSA) is 88.0 Å². The Labute approximate surface area is 291 Å². The molecule has 0 aliphatic carbocycles. The lowest BCUT2D eigenvalue weighted by atomic mass is 9.90. The van der Waals surface area contributed by atoms with Gasteiger partial charge in [-0.05, 0) is 96.3 Å². The fourth-order valence-electron chi connectivity index (χ4n) is 6.18. The SMILES string of the molecule is Cc1cc(CN(Cc2cc(C)c(OCCCC(=O)O)cc2-c2cc(C(C)C)ccc2C)c2ncc(N3CCOCC3)cn2)cc(C(F)(F)F)c1. The summed E-state index contributed by atoms with van der Waals surface area (Å²) in [6, 6.07) is 14.5. The summed E-state index contributed by atoms with van der Waals surface area (Å²) < 4.78 is 53.3. The fourth-order valence-corrected chi connectivity index (χ4v) is 6.18. The lowest BCUT2D eigenvalue weighted by Crippen LogP contribution is -2.36. The van der Waals surface area contributed by atoms with Crippen LogP contribution in [-0.4, -0.2) is 54.0 Å². The number of aliphatic carboxylic acids is 1. The molecule has 0 radical (unpaired) electrons. The normalized spacial score (nSPS) is 13.5. The number of carbonyl (C=O) groups is 1. The maximum atomic E-state index is 13.9. The van der Waals surface area contributed by atoms with Gasteiger partial charge in [0.2, 0.25) is 5.95 Å². The maximum Gasteiger partial charge on any atom is 0.416 e. The number of nitrogens with zero attached hydrogens (tertiary/aromatic N) is 4. The smallest absolute Gasteiger partial charge is 0.416 e. The average molecular weight is 691 g/mol. The number of morpholine rings is 1. The van der Waals surface area contributed by atoms with E-state index in [2.05, 4.69) is 36.9 Å². The molecule has 0 atom stereocenters. The molecule has 1 aliphatic rings. The number of halogens is 3. The monoisotopic (exact) mass is 690 g/mol. The van der Waals surface area contributed by atoms with Crippen LogP contribution >= 0.6 is 0 Å². The average Bonchev–Trinajstić information content (AvgIpc) is 3.07. The van der Waals surface area contributed by atoms with Crippen molar-refractivity contribution in [1.29, 1.82) is 0 Å². The number of carboxylic acid groups (broad SMARTS) is 1. The zero-order valence-electron chi connectivity index (χ0n) is 29.3. The third-order valence-corrected chi connectivity index (χ3v) is 8.89. The lowest BCUT2D eigenvalue weighted by molar-refractivity contribution is -0.138. The molecular formula is C39H45F3N4O4. The molecule has 2 heterocycles. The zero-order valence-corrected chi connectivity index (χ0v) is 29.3. The van der Waals surface area contributed by atoms with E-state index in [4.69, 9.17) is 24.5 Å². The van der Waals surface area contributed by atoms with E-state index in [-0.39, 0.29) is 25.5 Å². The van der Waals surface area contributed by atoms with E-state index in [1.165, 1.54) is 11.6 Å². The molecule has 8 nitrogen and oxygen atoms in total. The summed E-state index contributed by atoms with van der Waals surface area (Å²) in [6.07, 6.45) is -0.585. The number of hydrogen-bond donors (Lipinski definition) is 1. The molecule has 266 valence electrons. The molecule has 1 saturated heterocycles. The van der Waals surface area contributed by atoms with Gasteiger partial charge >= 0.3 is 12.1 Å². The minimum absolute atomic E-state index is 0.00777. The van der Waals surface area contributed by atoms with Crippen LogP contribution in [0, 0.1) is 20.8 Å². The highest BCUT2D eigenvalue weighted by Gasteiger charge is 2.31. The van der Waals surface area contributed by atoms with E-state index in [0.717, 1.165) is 52.7 Å². The van der Waals surface area contributed by atoms with Gasteiger partial charge in [0.1, 0.15) is 5.75 Å². The Morgan fingerprint density at radius 3 is 2.34 bits per heavy atom. The molecule has 5 rings (SSSR count). The number of benzene rings is 3. The van der Waals surface area contributed by atoms with Gasteiger partial charge in [-0.1, -0.05) is 43.7 Å². The van der Waals surface area contributed by atoms with Crippen LogP contribution in [0.15, 0.2) is 60.9 Å². The number of hydrogen-bond acceptors (Lipinski definition) is 7. The molecule has 0 unspecified atom stereocenters. The van der Waals surface area contributed by atoms with Gasteiger partial charge in [-0.25, -0.2) is 9.97 Å². The summed E-state index contributed by atoms with van der Waals surface area (Å²) in [7, 11) is 0. The van der Waals surface area contributed by atoms with Crippen molar-refractivity contribution in [3.8, 4) is 16.9 Å². The summed E-state index contributed by atoms with van der Waals surface area (Å²) in [4.78, 5) is 24.6. The van der Waals surface area contributed by atoms with Crippen molar-refractivity contribution < 1.29 is 32.5 Å². The number of aromatic nitrogens is 2. The Bertz CT molecular complexity index is 1790. The molecule has 1 fully saturated rings. The summed E-state index contributed by atoms with van der Waals surface area (Å²) in [5, 5.41) is 9.10. The molecule has 0 spiro atoms. The minimum Gasteiger partial charge on any atom is -0.493 e. The summed E-state index contributed by atoms with van der Waals surface area (Å²) >= 11 is 0. The van der Waals surface area contributed by atoms with Gasteiger partial charge in [0.25, 0.3) is 0 Å². The molecule has 11 heteroatoms. The van der Waals surface area contributed by atoms with Crippen LogP contribution < -0.4 is 14.5 Å². The summed E-state index contributed by atoms with van der Waals surface area (Å²) in [5.74, 6) is 0.449. The van der Waals surface area contributed by atoms with E-state index >= 15 is 0 Å². The molecule has 50 heavy (non-hydrogen) atoms. The summed E-state index contributed by atoms with van der Waals surface area (Å²) in [6.45, 7) is 13.3. The zero-order chi connectivity index (χ0) is 36.0. The molecule has 4 aromatic rings. The Morgan fingerprint density at radius 2 is 1.68 bits per heavy atom. The number of ether oxygens (including phenoxy) is 2. The Balaban J connectivity index is 1.59. The first-order valence-corrected chi connectivity index (χ1v) is 16.9. The standard InChI is InChI=1S/C39H45F3N4O4/c1-25(2)30-9-8-27(4)34(19-30)35-20-36(50-12-6-7-37(47)48)28(5)17-31(35)24-46(23-29-15-26(3)16-32(18-29)39(40,41)42)38-43-21-33(22-44-38)45-10-13-49-14-11-45/h8-9,15-22,25H,6-7,10-14,23-24H2,1-5H3,(H,47,48). The summed E-state index contributed by atoms with van der Waals surface area (Å²) in [5.41, 5.74) is 7.10. The van der Waals surface area contributed by atoms with Crippen molar-refractivity contribution in [1.82, 2.24) is 9.97 Å². The van der Waals surface area contributed by atoms with Crippen molar-refractivity contribution in [2.45, 2.75) is 72.6 Å². The van der Waals surface area contributed by atoms with Crippen LogP contribution in [-0.2, 0) is 28.8 Å². The van der Waals surface area contributed by atoms with Crippen LogP contribution in [0.25, 0.3) is 11.1 Å². The van der Waals surface area contributed by atoms with Crippen molar-refractivity contribution in [3.05, 3.63) is 99.9 Å². The number of alkyl halides is 3. The molecule has 1 N–H and O–H groups in total. The van der Waals surface area contributed by atoms with Gasteiger partial charge in [0.05, 0.1) is 43.5 Å². The molecule has 0 amide bonds. The highest BCUT2D eigenvalue weighted by molar-refractivity contribution is 5.74. The predicted molar refractivity (Wildman–Crippen MR) is 189 cm³/mol. The second kappa shape index (κ2) is 15.9. The van der Waals surface area contributed by atoms with Crippen molar-refractivity contribution in [2.75, 3.05) is 42.7 Å². The van der Waals surface area contributed by atoms with Crippen molar-refractivity contribution >= 4 is 17.6 Å². The lowest BCUT2D eigenvalue weighted by Gasteiger charge is -2.29. The highest BCUT2D eigenvalue weighted by Crippen LogP contribution is 2.37. The quantitative estimate of drug-likeness (QED) is 0.140. The molecule has 0 bridgehead atoms. The number of anilines is 2. The third kappa shape index (κ3) is 9.32. The van der Waals surface area contributed by atoms with Crippen molar-refractivity contribution in [3.63, 3.8) is 0 Å². The number of carboxylic acids is 1. The van der Waals surface area contributed by atoms with E-state index in [1.54, 1.807) is 25.4 Å². The number of rotatable bonds is 13. The van der Waals surface area contributed by atoms with E-state index in [9.17, 15) is 18.0 Å². The highest BCUT2D eigenvalue weighted by atomic mass is 19.4. The van der Waals surface area contributed by atoms with Crippen LogP contribution in [0.4, 0.5) is 24.8 Å². The van der Waals surface area contributed by atoms with E-state index in [1.807, 2.05) is 30.9 Å². The van der Waals surface area contributed by atoms with Gasteiger partial charge in [-0.2, -0.15) is 13.2 Å². The first-order chi connectivity index (χ1) is 23.8. The molecular weight excluding hydrogens is 645 g/mol. The molecule has 1 aliphatic heterocycles.